The third-order valence-corrected chi connectivity index (χ3v) is 7.40. The van der Waals surface area contributed by atoms with Crippen molar-refractivity contribution in [1.29, 1.82) is 0 Å². The molecule has 0 aliphatic carbocycles. The highest BCUT2D eigenvalue weighted by Crippen LogP contribution is 2.27. The number of hydrogen-bond donors (Lipinski definition) is 0. The first kappa shape index (κ1) is 23.4. The lowest BCUT2D eigenvalue weighted by molar-refractivity contribution is 0.0793. The van der Waals surface area contributed by atoms with Crippen LogP contribution in [0.3, 0.4) is 0 Å². The Labute approximate surface area is 209 Å². The van der Waals surface area contributed by atoms with E-state index in [4.69, 9.17) is 4.98 Å². The van der Waals surface area contributed by atoms with Crippen molar-refractivity contribution in [3.63, 3.8) is 0 Å². The number of aryl methyl sites for hydroxylation is 3. The number of carbonyl (C=O) groups excluding carboxylic acids is 1. The quantitative estimate of drug-likeness (QED) is 0.264. The molecule has 0 N–H and O–H groups in total. The molecule has 1 amide bonds. The summed E-state index contributed by atoms with van der Waals surface area (Å²) < 4.78 is 1.71. The summed E-state index contributed by atoms with van der Waals surface area (Å²) in [6.07, 6.45) is 2.08. The van der Waals surface area contributed by atoms with Crippen LogP contribution in [0, 0.1) is 20.8 Å². The molecule has 1 fully saturated rings. The average Bonchev–Trinajstić information content (AvgIpc) is 3.36. The highest BCUT2D eigenvalue weighted by molar-refractivity contribution is 7.98. The van der Waals surface area contributed by atoms with Crippen LogP contribution in [0.1, 0.15) is 45.5 Å². The number of carbonyl (C=O) groups is 1. The minimum atomic E-state index is -0.119. The summed E-state index contributed by atoms with van der Waals surface area (Å²) in [7, 11) is 0. The van der Waals surface area contributed by atoms with Crippen LogP contribution in [0.5, 0.6) is 0 Å². The first-order chi connectivity index (χ1) is 16.9. The van der Waals surface area contributed by atoms with Crippen LogP contribution in [-0.2, 0) is 5.75 Å². The van der Waals surface area contributed by atoms with Crippen LogP contribution >= 0.6 is 11.8 Å². The van der Waals surface area contributed by atoms with Gasteiger partial charge in [0.1, 0.15) is 0 Å². The second-order valence-corrected chi connectivity index (χ2v) is 10.3. The summed E-state index contributed by atoms with van der Waals surface area (Å²) >= 11 is 1.54. The lowest BCUT2D eigenvalue weighted by Crippen LogP contribution is -2.28. The standard InChI is InChI=1S/C29H29N3O2S/c1-19-7-6-8-22(14-19)18-35-29-30-26-17-23(27(33)31-11-4-5-12-31)9-10-25(26)28(34)32(29)24-15-20(2)13-21(3)16-24/h6-10,13-17H,4-5,11-12,18H2,1-3H3. The van der Waals surface area contributed by atoms with Gasteiger partial charge in [-0.2, -0.15) is 0 Å². The number of nitrogens with zero attached hydrogens (tertiary/aromatic N) is 3. The second-order valence-electron chi connectivity index (χ2n) is 9.39. The van der Waals surface area contributed by atoms with Crippen molar-refractivity contribution in [2.45, 2.75) is 44.5 Å². The number of aromatic nitrogens is 2. The number of fused-ring (bicyclic) bond motifs is 1. The Morgan fingerprint density at radius 1 is 0.914 bits per heavy atom. The number of amides is 1. The number of likely N-dealkylation sites (tertiary alicyclic amines) is 1. The SMILES string of the molecule is Cc1cccc(CSc2nc3cc(C(=O)N4CCCC4)ccc3c(=O)n2-c2cc(C)cc(C)c2)c1. The lowest BCUT2D eigenvalue weighted by Gasteiger charge is -2.17. The summed E-state index contributed by atoms with van der Waals surface area (Å²) in [5.74, 6) is 0.704. The van der Waals surface area contributed by atoms with Crippen molar-refractivity contribution in [3.05, 3.63) is 98.8 Å². The van der Waals surface area contributed by atoms with Gasteiger partial charge in [-0.15, -0.1) is 0 Å². The summed E-state index contributed by atoms with van der Waals surface area (Å²) in [4.78, 5) is 33.6. The van der Waals surface area contributed by atoms with Gasteiger partial charge in [-0.1, -0.05) is 47.7 Å². The van der Waals surface area contributed by atoms with Crippen LogP contribution in [0.25, 0.3) is 16.6 Å². The van der Waals surface area contributed by atoms with E-state index >= 15 is 0 Å². The fourth-order valence-electron chi connectivity index (χ4n) is 4.76. The van der Waals surface area contributed by atoms with Gasteiger partial charge < -0.3 is 4.90 Å². The predicted molar refractivity (Wildman–Crippen MR) is 143 cm³/mol. The maximum atomic E-state index is 13.8. The van der Waals surface area contributed by atoms with E-state index in [2.05, 4.69) is 31.2 Å². The molecule has 1 aromatic heterocycles. The zero-order valence-electron chi connectivity index (χ0n) is 20.4. The molecule has 5 nitrogen and oxygen atoms in total. The van der Waals surface area contributed by atoms with E-state index in [1.807, 2.05) is 36.9 Å². The molecule has 3 aromatic carbocycles. The highest BCUT2D eigenvalue weighted by Gasteiger charge is 2.21. The molecule has 178 valence electrons. The van der Waals surface area contributed by atoms with E-state index in [0.717, 1.165) is 42.7 Å². The second kappa shape index (κ2) is 9.70. The van der Waals surface area contributed by atoms with Gasteiger partial charge in [-0.05, 0) is 80.6 Å². The van der Waals surface area contributed by atoms with Crippen LogP contribution in [-0.4, -0.2) is 33.4 Å². The topological polar surface area (TPSA) is 55.2 Å². The fourth-order valence-corrected chi connectivity index (χ4v) is 5.71. The molecule has 0 atom stereocenters. The molecule has 1 aliphatic rings. The van der Waals surface area contributed by atoms with E-state index in [1.165, 1.54) is 11.1 Å². The molecule has 5 rings (SSSR count). The monoisotopic (exact) mass is 483 g/mol. The summed E-state index contributed by atoms with van der Waals surface area (Å²) in [6, 6.07) is 19.8. The van der Waals surface area contributed by atoms with E-state index in [9.17, 15) is 9.59 Å². The minimum Gasteiger partial charge on any atom is -0.339 e. The Morgan fingerprint density at radius 2 is 1.66 bits per heavy atom. The van der Waals surface area contributed by atoms with Gasteiger partial charge in [-0.25, -0.2) is 4.98 Å². The highest BCUT2D eigenvalue weighted by atomic mass is 32.2. The average molecular weight is 484 g/mol. The van der Waals surface area contributed by atoms with Crippen molar-refractivity contribution < 1.29 is 4.79 Å². The maximum Gasteiger partial charge on any atom is 0.266 e. The summed E-state index contributed by atoms with van der Waals surface area (Å²) in [6.45, 7) is 7.72. The first-order valence-corrected chi connectivity index (χ1v) is 13.0. The van der Waals surface area contributed by atoms with E-state index in [1.54, 1.807) is 34.5 Å². The van der Waals surface area contributed by atoms with E-state index < -0.39 is 0 Å². The van der Waals surface area contributed by atoms with Crippen LogP contribution in [0.2, 0.25) is 0 Å². The molecule has 6 heteroatoms. The molecular formula is C29H29N3O2S. The molecule has 0 radical (unpaired) electrons. The Hall–Kier alpha value is -3.38. The fraction of sp³-hybridized carbons (Fsp3) is 0.276. The summed E-state index contributed by atoms with van der Waals surface area (Å²) in [5, 5.41) is 1.14. The summed E-state index contributed by atoms with van der Waals surface area (Å²) in [5.41, 5.74) is 6.40. The Morgan fingerprint density at radius 3 is 2.37 bits per heavy atom. The Kier molecular flexibility index (Phi) is 6.48. The van der Waals surface area contributed by atoms with Crippen LogP contribution in [0.4, 0.5) is 0 Å². The smallest absolute Gasteiger partial charge is 0.266 e. The van der Waals surface area contributed by atoms with Gasteiger partial charge in [0.25, 0.3) is 11.5 Å². The van der Waals surface area contributed by atoms with Gasteiger partial charge in [0.15, 0.2) is 5.16 Å². The molecule has 0 spiro atoms. The third-order valence-electron chi connectivity index (χ3n) is 6.39. The lowest BCUT2D eigenvalue weighted by atomic mass is 10.1. The van der Waals surface area contributed by atoms with Crippen molar-refractivity contribution in [2.75, 3.05) is 13.1 Å². The van der Waals surface area contributed by atoms with Gasteiger partial charge in [0, 0.05) is 24.4 Å². The normalized spacial score (nSPS) is 13.5. The van der Waals surface area contributed by atoms with Crippen molar-refractivity contribution in [1.82, 2.24) is 14.5 Å². The largest absolute Gasteiger partial charge is 0.339 e. The molecule has 0 unspecified atom stereocenters. The molecular weight excluding hydrogens is 454 g/mol. The van der Waals surface area contributed by atoms with Crippen molar-refractivity contribution in [3.8, 4) is 5.69 Å². The molecule has 2 heterocycles. The van der Waals surface area contributed by atoms with Gasteiger partial charge >= 0.3 is 0 Å². The molecule has 0 bridgehead atoms. The maximum absolute atomic E-state index is 13.8. The molecule has 1 aliphatic heterocycles. The zero-order chi connectivity index (χ0) is 24.5. The Bertz CT molecular complexity index is 1470. The zero-order valence-corrected chi connectivity index (χ0v) is 21.2. The van der Waals surface area contributed by atoms with E-state index in [0.29, 0.717) is 27.4 Å². The first-order valence-electron chi connectivity index (χ1n) is 12.0. The Balaban J connectivity index is 1.63. The molecule has 4 aromatic rings. The number of benzene rings is 3. The molecule has 0 saturated carbocycles. The molecule has 1 saturated heterocycles. The van der Waals surface area contributed by atoms with Crippen LogP contribution < -0.4 is 5.56 Å². The van der Waals surface area contributed by atoms with Crippen LogP contribution in [0.15, 0.2) is 70.6 Å². The minimum absolute atomic E-state index is 0.0126. The number of rotatable bonds is 5. The third kappa shape index (κ3) is 4.89. The number of hydrogen-bond acceptors (Lipinski definition) is 4. The van der Waals surface area contributed by atoms with Crippen molar-refractivity contribution >= 4 is 28.6 Å². The van der Waals surface area contributed by atoms with E-state index in [-0.39, 0.29) is 11.5 Å². The molecule has 35 heavy (non-hydrogen) atoms. The predicted octanol–water partition coefficient (Wildman–Crippen LogP) is 5.84. The van der Waals surface area contributed by atoms with Gasteiger partial charge in [0.05, 0.1) is 16.6 Å². The van der Waals surface area contributed by atoms with Crippen molar-refractivity contribution in [2.24, 2.45) is 0 Å². The van der Waals surface area contributed by atoms with Gasteiger partial charge in [0.2, 0.25) is 0 Å². The number of thioether (sulfide) groups is 1. The van der Waals surface area contributed by atoms with Gasteiger partial charge in [-0.3, -0.25) is 14.2 Å².